The predicted octanol–water partition coefficient (Wildman–Crippen LogP) is 5.21. The molecule has 0 spiro atoms. The largest absolute Gasteiger partial charge is 0.493 e. The highest BCUT2D eigenvalue weighted by Crippen LogP contribution is 2.36. The number of aliphatic imine (C=N–C) groups is 1. The Labute approximate surface area is 214 Å². The molecule has 34 heavy (non-hydrogen) atoms. The lowest BCUT2D eigenvalue weighted by molar-refractivity contribution is -0.118. The van der Waals surface area contributed by atoms with Gasteiger partial charge in [0.15, 0.2) is 23.3 Å². The van der Waals surface area contributed by atoms with Gasteiger partial charge in [-0.3, -0.25) is 9.59 Å². The van der Waals surface area contributed by atoms with Gasteiger partial charge in [-0.2, -0.15) is 0 Å². The highest BCUT2D eigenvalue weighted by atomic mass is 127. The van der Waals surface area contributed by atoms with Crippen molar-refractivity contribution < 1.29 is 19.1 Å². The Morgan fingerprint density at radius 3 is 2.53 bits per heavy atom. The molecule has 9 heteroatoms. The summed E-state index contributed by atoms with van der Waals surface area (Å²) in [6.45, 7) is -0.167. The topological polar surface area (TPSA) is 89.0 Å². The number of hydrogen-bond acceptors (Lipinski definition) is 6. The molecule has 0 aliphatic carbocycles. The van der Waals surface area contributed by atoms with E-state index in [1.807, 2.05) is 54.6 Å². The summed E-state index contributed by atoms with van der Waals surface area (Å²) < 4.78 is 12.0. The van der Waals surface area contributed by atoms with Crippen molar-refractivity contribution in [2.45, 2.75) is 0 Å². The fourth-order valence-electron chi connectivity index (χ4n) is 3.07. The lowest BCUT2D eigenvalue weighted by Gasteiger charge is -2.14. The van der Waals surface area contributed by atoms with Crippen LogP contribution in [0.2, 0.25) is 0 Å². The van der Waals surface area contributed by atoms with E-state index in [0.29, 0.717) is 27.3 Å². The molecule has 2 N–H and O–H groups in total. The van der Waals surface area contributed by atoms with E-state index in [4.69, 9.17) is 9.47 Å². The molecule has 1 heterocycles. The number of amides is 2. The van der Waals surface area contributed by atoms with E-state index in [0.717, 1.165) is 14.8 Å². The molecule has 0 atom stereocenters. The number of anilines is 1. The van der Waals surface area contributed by atoms with Gasteiger partial charge in [-0.25, -0.2) is 4.99 Å². The van der Waals surface area contributed by atoms with Crippen LogP contribution in [0.1, 0.15) is 5.56 Å². The van der Waals surface area contributed by atoms with Crippen LogP contribution in [0.4, 0.5) is 11.4 Å². The monoisotopic (exact) mass is 585 g/mol. The third-order valence-corrected chi connectivity index (χ3v) is 6.30. The Hall–Kier alpha value is -3.31. The van der Waals surface area contributed by atoms with Gasteiger partial charge in [0.2, 0.25) is 0 Å². The number of carbonyl (C=O) groups is 2. The predicted molar refractivity (Wildman–Crippen MR) is 144 cm³/mol. The minimum absolute atomic E-state index is 0.167. The van der Waals surface area contributed by atoms with Gasteiger partial charge in [-0.15, -0.1) is 0 Å². The molecule has 1 aliphatic rings. The van der Waals surface area contributed by atoms with Crippen LogP contribution in [0.3, 0.4) is 0 Å². The van der Waals surface area contributed by atoms with Crippen LogP contribution in [-0.2, 0) is 9.59 Å². The maximum atomic E-state index is 12.4. The van der Waals surface area contributed by atoms with Gasteiger partial charge >= 0.3 is 0 Å². The summed E-state index contributed by atoms with van der Waals surface area (Å²) in [5.41, 5.74) is 2.23. The van der Waals surface area contributed by atoms with Gasteiger partial charge in [0.05, 0.1) is 21.3 Å². The second-order valence-electron chi connectivity index (χ2n) is 7.05. The highest BCUT2D eigenvalue weighted by molar-refractivity contribution is 14.1. The number of carbonyl (C=O) groups excluding carboxylic acids is 2. The van der Waals surface area contributed by atoms with Gasteiger partial charge in [-0.05, 0) is 82.4 Å². The van der Waals surface area contributed by atoms with Gasteiger partial charge < -0.3 is 20.1 Å². The second-order valence-corrected chi connectivity index (χ2v) is 9.25. The molecule has 4 rings (SSSR count). The summed E-state index contributed by atoms with van der Waals surface area (Å²) in [5, 5.41) is 6.09. The van der Waals surface area contributed by atoms with Gasteiger partial charge in [0, 0.05) is 5.69 Å². The van der Waals surface area contributed by atoms with Crippen LogP contribution < -0.4 is 20.1 Å². The Morgan fingerprint density at radius 2 is 1.82 bits per heavy atom. The molecule has 1 aliphatic heterocycles. The third-order valence-electron chi connectivity index (χ3n) is 4.59. The van der Waals surface area contributed by atoms with Crippen molar-refractivity contribution in [1.82, 2.24) is 5.32 Å². The molecule has 1 fully saturated rings. The molecule has 3 aromatic rings. The third kappa shape index (κ3) is 6.17. The molecular weight excluding hydrogens is 565 g/mol. The number of ether oxygens (including phenoxy) is 2. The van der Waals surface area contributed by atoms with E-state index in [2.05, 4.69) is 38.2 Å². The van der Waals surface area contributed by atoms with Crippen molar-refractivity contribution in [2.75, 3.05) is 19.0 Å². The van der Waals surface area contributed by atoms with E-state index < -0.39 is 0 Å². The molecule has 0 saturated carbocycles. The van der Waals surface area contributed by atoms with E-state index >= 15 is 0 Å². The lowest BCUT2D eigenvalue weighted by Crippen LogP contribution is -2.20. The summed E-state index contributed by atoms with van der Waals surface area (Å²) in [6.07, 6.45) is 1.77. The number of nitrogens with one attached hydrogen (secondary N) is 2. The Morgan fingerprint density at radius 1 is 1.12 bits per heavy atom. The number of methoxy groups -OCH3 is 1. The normalized spacial score (nSPS) is 15.3. The van der Waals surface area contributed by atoms with Gasteiger partial charge in [-0.1, -0.05) is 36.4 Å². The molecule has 0 bridgehead atoms. The molecule has 7 nitrogen and oxygen atoms in total. The zero-order chi connectivity index (χ0) is 23.9. The SMILES string of the molecule is COc1cc(/C=C2\SC(=Nc3ccccc3)NC2=O)cc(I)c1OCC(=O)Nc1ccccc1. The van der Waals surface area contributed by atoms with Crippen LogP contribution in [-0.4, -0.2) is 30.7 Å². The standard InChI is InChI=1S/C25H20IN3O4S/c1-32-20-13-16(14-21-24(31)29-25(34-21)28-18-10-6-3-7-11-18)12-19(26)23(20)33-15-22(30)27-17-8-4-2-5-9-17/h2-14H,15H2,1H3,(H,27,30)(H,28,29,31)/b21-14-. The van der Waals surface area contributed by atoms with Crippen molar-refractivity contribution in [3.63, 3.8) is 0 Å². The fourth-order valence-corrected chi connectivity index (χ4v) is 4.69. The molecule has 0 aromatic heterocycles. The smallest absolute Gasteiger partial charge is 0.264 e. The van der Waals surface area contributed by atoms with E-state index in [9.17, 15) is 9.59 Å². The summed E-state index contributed by atoms with van der Waals surface area (Å²) in [4.78, 5) is 29.7. The number of amidine groups is 1. The maximum Gasteiger partial charge on any atom is 0.264 e. The van der Waals surface area contributed by atoms with Crippen molar-refractivity contribution >= 4 is 68.8 Å². The number of hydrogen-bond donors (Lipinski definition) is 2. The Kier molecular flexibility index (Phi) is 7.86. The highest BCUT2D eigenvalue weighted by Gasteiger charge is 2.24. The summed E-state index contributed by atoms with van der Waals surface area (Å²) in [5.74, 6) is 0.433. The zero-order valence-electron chi connectivity index (χ0n) is 18.1. The molecule has 1 saturated heterocycles. The van der Waals surface area contributed by atoms with Crippen molar-refractivity contribution in [2.24, 2.45) is 4.99 Å². The van der Waals surface area contributed by atoms with Crippen LogP contribution in [0.5, 0.6) is 11.5 Å². The number of thioether (sulfide) groups is 1. The van der Waals surface area contributed by atoms with Crippen LogP contribution >= 0.6 is 34.4 Å². The van der Waals surface area contributed by atoms with Crippen LogP contribution in [0, 0.1) is 3.57 Å². The molecule has 2 amide bonds. The summed E-state index contributed by atoms with van der Waals surface area (Å²) in [6, 6.07) is 22.2. The van der Waals surface area contributed by atoms with Gasteiger partial charge in [0.25, 0.3) is 11.8 Å². The number of nitrogens with zero attached hydrogens (tertiary/aromatic N) is 1. The Balaban J connectivity index is 1.47. The average Bonchev–Trinajstić information content (AvgIpc) is 3.17. The minimum Gasteiger partial charge on any atom is -0.493 e. The first kappa shape index (κ1) is 23.8. The van der Waals surface area contributed by atoms with Crippen molar-refractivity contribution in [3.05, 3.63) is 86.8 Å². The molecular formula is C25H20IN3O4S. The molecule has 172 valence electrons. The summed E-state index contributed by atoms with van der Waals surface area (Å²) in [7, 11) is 1.53. The number of rotatable bonds is 7. The number of benzene rings is 3. The first-order valence-electron chi connectivity index (χ1n) is 10.2. The number of halogens is 1. The van der Waals surface area contributed by atoms with Gasteiger partial charge in [0.1, 0.15) is 0 Å². The van der Waals surface area contributed by atoms with Crippen molar-refractivity contribution in [3.8, 4) is 11.5 Å². The first-order valence-corrected chi connectivity index (χ1v) is 12.1. The molecule has 3 aromatic carbocycles. The second kappa shape index (κ2) is 11.2. The first-order chi connectivity index (χ1) is 16.5. The lowest BCUT2D eigenvalue weighted by atomic mass is 10.2. The van der Waals surface area contributed by atoms with Crippen LogP contribution in [0.25, 0.3) is 6.08 Å². The Bertz CT molecular complexity index is 1260. The summed E-state index contributed by atoms with van der Waals surface area (Å²) >= 11 is 3.39. The van der Waals surface area contributed by atoms with E-state index in [-0.39, 0.29) is 18.4 Å². The average molecular weight is 585 g/mol. The van der Waals surface area contributed by atoms with Crippen molar-refractivity contribution in [1.29, 1.82) is 0 Å². The minimum atomic E-state index is -0.278. The quantitative estimate of drug-likeness (QED) is 0.294. The van der Waals surface area contributed by atoms with Crippen LogP contribution in [0.15, 0.2) is 82.7 Å². The maximum absolute atomic E-state index is 12.4. The molecule has 0 radical (unpaired) electrons. The van der Waals surface area contributed by atoms with E-state index in [1.165, 1.54) is 18.9 Å². The number of para-hydroxylation sites is 2. The van der Waals surface area contributed by atoms with E-state index in [1.54, 1.807) is 24.3 Å². The fraction of sp³-hybridized carbons (Fsp3) is 0.0800. The molecule has 0 unspecified atom stereocenters. The zero-order valence-corrected chi connectivity index (χ0v) is 21.1.